The van der Waals surface area contributed by atoms with Crippen LogP contribution < -0.4 is 5.32 Å². The van der Waals surface area contributed by atoms with Crippen molar-refractivity contribution in [3.8, 4) is 0 Å². The molecule has 0 aromatic heterocycles. The predicted octanol–water partition coefficient (Wildman–Crippen LogP) is 3.05. The summed E-state index contributed by atoms with van der Waals surface area (Å²) in [5.41, 5.74) is 2.25. The van der Waals surface area contributed by atoms with Gasteiger partial charge in [0, 0.05) is 16.3 Å². The van der Waals surface area contributed by atoms with Crippen LogP contribution in [0.5, 0.6) is 0 Å². The van der Waals surface area contributed by atoms with Gasteiger partial charge >= 0.3 is 0 Å². The Kier molecular flexibility index (Phi) is 4.81. The third kappa shape index (κ3) is 3.13. The number of benzene rings is 2. The molecule has 0 saturated carbocycles. The van der Waals surface area contributed by atoms with Crippen LogP contribution in [0.15, 0.2) is 58.3 Å². The second kappa shape index (κ2) is 6.59. The van der Waals surface area contributed by atoms with Crippen LogP contribution in [0.1, 0.15) is 11.1 Å². The van der Waals surface area contributed by atoms with Crippen molar-refractivity contribution in [2.45, 2.75) is 22.9 Å². The molecule has 2 aromatic rings. The van der Waals surface area contributed by atoms with Gasteiger partial charge in [0.1, 0.15) is 0 Å². The first-order valence-electron chi connectivity index (χ1n) is 5.94. The van der Waals surface area contributed by atoms with Gasteiger partial charge in [-0.15, -0.1) is 0 Å². The summed E-state index contributed by atoms with van der Waals surface area (Å²) in [5.74, 6) is 0. The van der Waals surface area contributed by atoms with Crippen molar-refractivity contribution in [1.29, 1.82) is 0 Å². The van der Waals surface area contributed by atoms with Gasteiger partial charge in [0.15, 0.2) is 0 Å². The average molecular weight is 259 g/mol. The van der Waals surface area contributed by atoms with E-state index in [1.165, 1.54) is 10.5 Å². The molecule has 0 bridgehead atoms. The zero-order chi connectivity index (χ0) is 12.8. The summed E-state index contributed by atoms with van der Waals surface area (Å²) in [6.07, 6.45) is 0. The first-order chi connectivity index (χ1) is 8.85. The average Bonchev–Trinajstić information content (AvgIpc) is 2.42. The summed E-state index contributed by atoms with van der Waals surface area (Å²) >= 11 is 1.71. The second-order valence-electron chi connectivity index (χ2n) is 4.01. The number of rotatable bonds is 5. The molecular formula is C15H17NOS. The molecule has 2 nitrogen and oxygen atoms in total. The zero-order valence-electron chi connectivity index (χ0n) is 10.4. The van der Waals surface area contributed by atoms with Crippen molar-refractivity contribution < 1.29 is 5.11 Å². The van der Waals surface area contributed by atoms with E-state index in [4.69, 9.17) is 0 Å². The smallest absolute Gasteiger partial charge is 0.0692 e. The third-order valence-electron chi connectivity index (χ3n) is 2.70. The van der Waals surface area contributed by atoms with Gasteiger partial charge in [-0.05, 0) is 30.3 Å². The monoisotopic (exact) mass is 259 g/mol. The fraction of sp³-hybridized carbons (Fsp3) is 0.200. The van der Waals surface area contributed by atoms with E-state index in [9.17, 15) is 5.11 Å². The van der Waals surface area contributed by atoms with Crippen LogP contribution in [0, 0.1) is 0 Å². The number of nitrogens with one attached hydrogen (secondary N) is 1. The van der Waals surface area contributed by atoms with E-state index in [0.717, 1.165) is 17.0 Å². The lowest BCUT2D eigenvalue weighted by molar-refractivity contribution is 0.279. The first-order valence-corrected chi connectivity index (χ1v) is 6.76. The molecule has 2 rings (SSSR count). The maximum atomic E-state index is 9.34. The maximum Gasteiger partial charge on any atom is 0.0692 e. The Morgan fingerprint density at radius 3 is 2.11 bits per heavy atom. The molecular weight excluding hydrogens is 242 g/mol. The highest BCUT2D eigenvalue weighted by Gasteiger charge is 2.06. The van der Waals surface area contributed by atoms with E-state index in [2.05, 4.69) is 23.5 Å². The zero-order valence-corrected chi connectivity index (χ0v) is 11.2. The van der Waals surface area contributed by atoms with Crippen molar-refractivity contribution in [2.24, 2.45) is 0 Å². The molecule has 0 aliphatic heterocycles. The highest BCUT2D eigenvalue weighted by molar-refractivity contribution is 7.99. The van der Waals surface area contributed by atoms with Gasteiger partial charge in [0.25, 0.3) is 0 Å². The van der Waals surface area contributed by atoms with Crippen LogP contribution in [-0.2, 0) is 13.2 Å². The molecule has 18 heavy (non-hydrogen) atoms. The predicted molar refractivity (Wildman–Crippen MR) is 75.7 cm³/mol. The van der Waals surface area contributed by atoms with Crippen molar-refractivity contribution >= 4 is 11.8 Å². The van der Waals surface area contributed by atoms with Gasteiger partial charge in [0.2, 0.25) is 0 Å². The van der Waals surface area contributed by atoms with E-state index in [-0.39, 0.29) is 6.61 Å². The van der Waals surface area contributed by atoms with Gasteiger partial charge in [-0.3, -0.25) is 0 Å². The van der Waals surface area contributed by atoms with E-state index in [0.29, 0.717) is 0 Å². The molecule has 0 spiro atoms. The number of hydrogen-bond donors (Lipinski definition) is 2. The number of aliphatic hydroxyl groups is 1. The minimum Gasteiger partial charge on any atom is -0.392 e. The fourth-order valence-electron chi connectivity index (χ4n) is 1.79. The van der Waals surface area contributed by atoms with E-state index in [1.807, 2.05) is 37.4 Å². The minimum atomic E-state index is 0.0807. The highest BCUT2D eigenvalue weighted by Crippen LogP contribution is 2.32. The fourth-order valence-corrected chi connectivity index (χ4v) is 2.86. The molecule has 0 heterocycles. The van der Waals surface area contributed by atoms with Crippen LogP contribution in [0.4, 0.5) is 0 Å². The van der Waals surface area contributed by atoms with Crippen molar-refractivity contribution in [2.75, 3.05) is 7.05 Å². The SMILES string of the molecule is CNCc1ccccc1Sc1ccccc1CO. The van der Waals surface area contributed by atoms with Gasteiger partial charge in [-0.1, -0.05) is 48.2 Å². The van der Waals surface area contributed by atoms with Gasteiger partial charge in [0.05, 0.1) is 6.61 Å². The molecule has 3 heteroatoms. The lowest BCUT2D eigenvalue weighted by Crippen LogP contribution is -2.05. The molecule has 94 valence electrons. The van der Waals surface area contributed by atoms with E-state index in [1.54, 1.807) is 11.8 Å². The lowest BCUT2D eigenvalue weighted by Gasteiger charge is -2.10. The van der Waals surface area contributed by atoms with Gasteiger partial charge in [-0.25, -0.2) is 0 Å². The van der Waals surface area contributed by atoms with Crippen LogP contribution in [0.3, 0.4) is 0 Å². The first kappa shape index (κ1) is 13.1. The summed E-state index contributed by atoms with van der Waals surface area (Å²) in [6.45, 7) is 0.932. The lowest BCUT2D eigenvalue weighted by atomic mass is 10.2. The second-order valence-corrected chi connectivity index (χ2v) is 5.09. The minimum absolute atomic E-state index is 0.0807. The van der Waals surface area contributed by atoms with E-state index >= 15 is 0 Å². The molecule has 0 saturated heterocycles. The topological polar surface area (TPSA) is 32.3 Å². The van der Waals surface area contributed by atoms with Crippen molar-refractivity contribution in [1.82, 2.24) is 5.32 Å². The third-order valence-corrected chi connectivity index (χ3v) is 3.94. The summed E-state index contributed by atoms with van der Waals surface area (Å²) in [7, 11) is 1.95. The van der Waals surface area contributed by atoms with Crippen LogP contribution in [0.2, 0.25) is 0 Å². The molecule has 0 aliphatic rings. The Bertz CT molecular complexity index is 513. The van der Waals surface area contributed by atoms with Crippen LogP contribution >= 0.6 is 11.8 Å². The van der Waals surface area contributed by atoms with Crippen LogP contribution in [0.25, 0.3) is 0 Å². The molecule has 0 unspecified atom stereocenters. The van der Waals surface area contributed by atoms with Gasteiger partial charge < -0.3 is 10.4 Å². The Labute approximate surface area is 112 Å². The Morgan fingerprint density at radius 2 is 1.50 bits per heavy atom. The van der Waals surface area contributed by atoms with Crippen LogP contribution in [-0.4, -0.2) is 12.2 Å². The Hall–Kier alpha value is -1.29. The standard InChI is InChI=1S/C15H17NOS/c1-16-10-12-6-2-4-8-14(12)18-15-9-5-3-7-13(15)11-17/h2-9,16-17H,10-11H2,1H3. The largest absolute Gasteiger partial charge is 0.392 e. The van der Waals surface area contributed by atoms with Crippen molar-refractivity contribution in [3.05, 3.63) is 59.7 Å². The normalized spacial score (nSPS) is 10.6. The molecule has 0 radical (unpaired) electrons. The number of hydrogen-bond acceptors (Lipinski definition) is 3. The molecule has 0 amide bonds. The van der Waals surface area contributed by atoms with Crippen molar-refractivity contribution in [3.63, 3.8) is 0 Å². The quantitative estimate of drug-likeness (QED) is 0.865. The molecule has 0 aliphatic carbocycles. The maximum absolute atomic E-state index is 9.34. The van der Waals surface area contributed by atoms with Gasteiger partial charge in [-0.2, -0.15) is 0 Å². The summed E-state index contributed by atoms with van der Waals surface area (Å²) in [5, 5.41) is 12.5. The molecule has 2 N–H and O–H groups in total. The molecule has 0 atom stereocenters. The Balaban J connectivity index is 2.28. The molecule has 0 fully saturated rings. The number of aliphatic hydroxyl groups excluding tert-OH is 1. The summed E-state index contributed by atoms with van der Waals surface area (Å²) < 4.78 is 0. The summed E-state index contributed by atoms with van der Waals surface area (Å²) in [4.78, 5) is 2.34. The van der Waals surface area contributed by atoms with E-state index < -0.39 is 0 Å². The summed E-state index contributed by atoms with van der Waals surface area (Å²) in [6, 6.07) is 16.3. The Morgan fingerprint density at radius 1 is 0.944 bits per heavy atom. The highest BCUT2D eigenvalue weighted by atomic mass is 32.2. The molecule has 2 aromatic carbocycles.